The largest absolute Gasteiger partial charge is 0.337 e. The van der Waals surface area contributed by atoms with Gasteiger partial charge in [-0.1, -0.05) is 18.2 Å². The number of para-hydroxylation sites is 1. The zero-order valence-corrected chi connectivity index (χ0v) is 12.9. The highest BCUT2D eigenvalue weighted by Gasteiger charge is 2.38. The van der Waals surface area contributed by atoms with Gasteiger partial charge < -0.3 is 10.2 Å². The van der Waals surface area contributed by atoms with Crippen LogP contribution in [0.15, 0.2) is 36.5 Å². The Morgan fingerprint density at radius 2 is 1.82 bits per heavy atom. The lowest BCUT2D eigenvalue weighted by Gasteiger charge is -2.15. The second kappa shape index (κ2) is 6.06. The number of likely N-dealkylation sites (tertiary alicyclic amines) is 1. The Morgan fingerprint density at radius 3 is 2.50 bits per heavy atom. The molecule has 22 heavy (non-hydrogen) atoms. The number of carbonyl (C=O) groups excluding carboxylic acids is 1. The van der Waals surface area contributed by atoms with Crippen molar-refractivity contribution in [1.82, 2.24) is 25.2 Å². The van der Waals surface area contributed by atoms with Crippen molar-refractivity contribution in [2.75, 3.05) is 26.2 Å². The van der Waals surface area contributed by atoms with Crippen molar-refractivity contribution < 1.29 is 4.79 Å². The number of hydrogen-bond donors (Lipinski definition) is 1. The summed E-state index contributed by atoms with van der Waals surface area (Å²) in [5.41, 5.74) is 1.28. The molecule has 6 nitrogen and oxygen atoms in total. The summed E-state index contributed by atoms with van der Waals surface area (Å²) < 4.78 is 0. The van der Waals surface area contributed by atoms with Gasteiger partial charge in [0.25, 0.3) is 5.91 Å². The van der Waals surface area contributed by atoms with Crippen molar-refractivity contribution in [3.8, 4) is 5.69 Å². The van der Waals surface area contributed by atoms with Gasteiger partial charge in [0, 0.05) is 26.2 Å². The molecule has 0 saturated carbocycles. The van der Waals surface area contributed by atoms with Gasteiger partial charge >= 0.3 is 0 Å². The second-order valence-corrected chi connectivity index (χ2v) is 5.74. The summed E-state index contributed by atoms with van der Waals surface area (Å²) in [7, 11) is 0. The quantitative estimate of drug-likeness (QED) is 0.896. The van der Waals surface area contributed by atoms with Crippen molar-refractivity contribution >= 4 is 18.3 Å². The monoisotopic (exact) mass is 319 g/mol. The molecule has 2 saturated heterocycles. The fourth-order valence-electron chi connectivity index (χ4n) is 3.23. The molecule has 116 valence electrons. The highest BCUT2D eigenvalue weighted by Crippen LogP contribution is 2.27. The third kappa shape index (κ3) is 2.60. The first kappa shape index (κ1) is 15.0. The van der Waals surface area contributed by atoms with Gasteiger partial charge in [0.2, 0.25) is 0 Å². The molecule has 0 spiro atoms. The lowest BCUT2D eigenvalue weighted by molar-refractivity contribution is 0.0775. The molecule has 2 aromatic rings. The lowest BCUT2D eigenvalue weighted by atomic mass is 10.0. The van der Waals surface area contributed by atoms with Gasteiger partial charge in [-0.05, 0) is 24.0 Å². The Bertz CT molecular complexity index is 647. The van der Waals surface area contributed by atoms with Crippen molar-refractivity contribution in [1.29, 1.82) is 0 Å². The Hall–Kier alpha value is -1.92. The highest BCUT2D eigenvalue weighted by atomic mass is 35.5. The predicted octanol–water partition coefficient (Wildman–Crippen LogP) is 0.980. The molecule has 3 heterocycles. The number of halogens is 1. The van der Waals surface area contributed by atoms with Crippen molar-refractivity contribution in [2.45, 2.75) is 0 Å². The van der Waals surface area contributed by atoms with E-state index in [1.807, 2.05) is 35.2 Å². The van der Waals surface area contributed by atoms with E-state index in [-0.39, 0.29) is 18.3 Å². The average Bonchev–Trinajstić information content (AvgIpc) is 3.22. The van der Waals surface area contributed by atoms with Crippen LogP contribution < -0.4 is 5.32 Å². The van der Waals surface area contributed by atoms with E-state index >= 15 is 0 Å². The van der Waals surface area contributed by atoms with Crippen LogP contribution in [0.4, 0.5) is 0 Å². The van der Waals surface area contributed by atoms with Crippen LogP contribution in [0, 0.1) is 11.8 Å². The number of aromatic nitrogens is 3. The normalized spacial score (nSPS) is 23.2. The Morgan fingerprint density at radius 1 is 1.14 bits per heavy atom. The summed E-state index contributed by atoms with van der Waals surface area (Å²) in [6.07, 6.45) is 1.56. The fourth-order valence-corrected chi connectivity index (χ4v) is 3.23. The van der Waals surface area contributed by atoms with Crippen molar-refractivity contribution in [3.63, 3.8) is 0 Å². The number of amides is 1. The van der Waals surface area contributed by atoms with Gasteiger partial charge in [0.15, 0.2) is 5.69 Å². The predicted molar refractivity (Wildman–Crippen MR) is 84.4 cm³/mol. The van der Waals surface area contributed by atoms with E-state index in [1.165, 1.54) is 4.80 Å². The maximum atomic E-state index is 12.5. The third-order valence-electron chi connectivity index (χ3n) is 4.37. The maximum Gasteiger partial charge on any atom is 0.276 e. The third-order valence-corrected chi connectivity index (χ3v) is 4.37. The zero-order chi connectivity index (χ0) is 14.2. The molecule has 2 aliphatic heterocycles. The molecule has 1 aromatic heterocycles. The first-order valence-corrected chi connectivity index (χ1v) is 7.29. The highest BCUT2D eigenvalue weighted by molar-refractivity contribution is 5.92. The molecule has 2 fully saturated rings. The summed E-state index contributed by atoms with van der Waals surface area (Å²) in [5, 5.41) is 11.9. The van der Waals surface area contributed by atoms with E-state index in [4.69, 9.17) is 0 Å². The molecule has 2 aliphatic rings. The van der Waals surface area contributed by atoms with Gasteiger partial charge in [0.1, 0.15) is 0 Å². The van der Waals surface area contributed by atoms with Crippen LogP contribution in [0.1, 0.15) is 10.5 Å². The first-order valence-electron chi connectivity index (χ1n) is 7.29. The summed E-state index contributed by atoms with van der Waals surface area (Å²) in [5.74, 6) is 1.18. The van der Waals surface area contributed by atoms with Gasteiger partial charge in [0.05, 0.1) is 11.9 Å². The first-order chi connectivity index (χ1) is 10.3. The Kier molecular flexibility index (Phi) is 4.13. The molecular weight excluding hydrogens is 302 g/mol. The van der Waals surface area contributed by atoms with Gasteiger partial charge in [-0.3, -0.25) is 4.79 Å². The number of fused-ring (bicyclic) bond motifs is 1. The SMILES string of the molecule is Cl.O=C(c1cnn(-c2ccccc2)n1)N1C[C@H]2CNC[C@H]2C1. The summed E-state index contributed by atoms with van der Waals surface area (Å²) >= 11 is 0. The fraction of sp³-hybridized carbons (Fsp3) is 0.400. The minimum Gasteiger partial charge on any atom is -0.337 e. The molecule has 2 atom stereocenters. The summed E-state index contributed by atoms with van der Waals surface area (Å²) in [4.78, 5) is 15.9. The van der Waals surface area contributed by atoms with Crippen LogP contribution in [0.3, 0.4) is 0 Å². The minimum absolute atomic E-state index is 0. The number of nitrogens with zero attached hydrogens (tertiary/aromatic N) is 4. The molecule has 1 N–H and O–H groups in total. The Labute approximate surface area is 134 Å². The van der Waals surface area contributed by atoms with E-state index in [9.17, 15) is 4.79 Å². The van der Waals surface area contributed by atoms with E-state index in [0.717, 1.165) is 31.9 Å². The van der Waals surface area contributed by atoms with Crippen LogP contribution >= 0.6 is 12.4 Å². The zero-order valence-electron chi connectivity index (χ0n) is 12.1. The molecule has 0 unspecified atom stereocenters. The second-order valence-electron chi connectivity index (χ2n) is 5.74. The smallest absolute Gasteiger partial charge is 0.276 e. The summed E-state index contributed by atoms with van der Waals surface area (Å²) in [6.45, 7) is 3.69. The van der Waals surface area contributed by atoms with Crippen LogP contribution in [-0.4, -0.2) is 52.0 Å². The van der Waals surface area contributed by atoms with E-state index in [1.54, 1.807) is 6.20 Å². The molecule has 1 aromatic carbocycles. The molecule has 1 amide bonds. The molecule has 0 bridgehead atoms. The summed E-state index contributed by atoms with van der Waals surface area (Å²) in [6, 6.07) is 9.63. The number of nitrogens with one attached hydrogen (secondary N) is 1. The Balaban J connectivity index is 0.00000144. The number of carbonyl (C=O) groups is 1. The van der Waals surface area contributed by atoms with E-state index in [0.29, 0.717) is 17.5 Å². The van der Waals surface area contributed by atoms with Crippen molar-refractivity contribution in [3.05, 3.63) is 42.2 Å². The van der Waals surface area contributed by atoms with Crippen LogP contribution in [-0.2, 0) is 0 Å². The average molecular weight is 320 g/mol. The number of hydrogen-bond acceptors (Lipinski definition) is 4. The maximum absolute atomic E-state index is 12.5. The van der Waals surface area contributed by atoms with Crippen molar-refractivity contribution in [2.24, 2.45) is 11.8 Å². The molecule has 7 heteroatoms. The molecular formula is C15H18ClN5O. The lowest BCUT2D eigenvalue weighted by Crippen LogP contribution is -2.32. The van der Waals surface area contributed by atoms with Gasteiger partial charge in [-0.25, -0.2) is 0 Å². The van der Waals surface area contributed by atoms with E-state index in [2.05, 4.69) is 15.5 Å². The van der Waals surface area contributed by atoms with Crippen LogP contribution in [0.2, 0.25) is 0 Å². The molecule has 4 rings (SSSR count). The van der Waals surface area contributed by atoms with Gasteiger partial charge in [-0.15, -0.1) is 17.5 Å². The van der Waals surface area contributed by atoms with Crippen LogP contribution in [0.5, 0.6) is 0 Å². The van der Waals surface area contributed by atoms with Gasteiger partial charge in [-0.2, -0.15) is 9.90 Å². The molecule has 0 aliphatic carbocycles. The van der Waals surface area contributed by atoms with E-state index < -0.39 is 0 Å². The standard InChI is InChI=1S/C15H17N5O.ClH/c21-15(19-9-11-6-16-7-12(11)10-19)14-8-17-20(18-14)13-4-2-1-3-5-13;/h1-5,8,11-12,16H,6-7,9-10H2;1H/t11-,12+;. The number of benzene rings is 1. The molecule has 0 radical (unpaired) electrons. The van der Waals surface area contributed by atoms with Crippen LogP contribution in [0.25, 0.3) is 5.69 Å². The topological polar surface area (TPSA) is 63.1 Å². The number of rotatable bonds is 2. The minimum atomic E-state index is -0.00780.